The lowest BCUT2D eigenvalue weighted by Crippen LogP contribution is -2.17. The first-order valence-electron chi connectivity index (χ1n) is 10.1. The quantitative estimate of drug-likeness (QED) is 0.518. The minimum atomic E-state index is -4.73. The molecule has 0 aliphatic heterocycles. The van der Waals surface area contributed by atoms with Gasteiger partial charge in [0.05, 0.1) is 16.7 Å². The molecule has 0 amide bonds. The van der Waals surface area contributed by atoms with E-state index in [1.54, 1.807) is 6.92 Å². The van der Waals surface area contributed by atoms with Crippen molar-refractivity contribution in [1.29, 1.82) is 0 Å². The van der Waals surface area contributed by atoms with Crippen LogP contribution in [0.4, 0.5) is 13.2 Å². The van der Waals surface area contributed by atoms with Crippen LogP contribution in [0, 0.1) is 6.92 Å². The molecule has 1 aliphatic rings. The second-order valence-corrected chi connectivity index (χ2v) is 8.04. The highest BCUT2D eigenvalue weighted by molar-refractivity contribution is 5.76. The second kappa shape index (κ2) is 7.09. The lowest BCUT2D eigenvalue weighted by atomic mass is 10.2. The molecule has 1 aromatic carbocycles. The smallest absolute Gasteiger partial charge is 0.385 e. The van der Waals surface area contributed by atoms with Crippen molar-refractivity contribution in [2.24, 2.45) is 7.05 Å². The Balaban J connectivity index is 1.58. The third-order valence-electron chi connectivity index (χ3n) is 5.64. The standard InChI is InChI=1S/C21H20F3N7O/c1-10(32)18-25-11(2)29-31(18)17-9-15(27-20(28-17)21(22,23)24)12-8-13(12)19-26-14-6-4-5-7-16(14)30(19)3/h4-7,9-10,12-13,32H,8H2,1-3H3/t10-,12+,13+/m0/s1. The van der Waals surface area contributed by atoms with Gasteiger partial charge in [-0.25, -0.2) is 19.9 Å². The SMILES string of the molecule is Cc1nc([C@H](C)O)n(-c2cc([C@@H]3C[C@H]3c3nc4ccccc4n3C)nc(C(F)(F)F)n2)n1. The van der Waals surface area contributed by atoms with Gasteiger partial charge in [-0.2, -0.15) is 17.9 Å². The van der Waals surface area contributed by atoms with Gasteiger partial charge in [-0.1, -0.05) is 12.1 Å². The number of hydrogen-bond donors (Lipinski definition) is 1. The van der Waals surface area contributed by atoms with Gasteiger partial charge in [-0.15, -0.1) is 5.10 Å². The fraction of sp³-hybridized carbons (Fsp3) is 0.381. The molecule has 3 atom stereocenters. The first-order chi connectivity index (χ1) is 15.1. The molecular formula is C21H20F3N7O. The van der Waals surface area contributed by atoms with Crippen LogP contribution in [0.1, 0.15) is 60.3 Å². The Kier molecular flexibility index (Phi) is 4.55. The summed E-state index contributed by atoms with van der Waals surface area (Å²) in [5.74, 6) is -0.356. The molecule has 0 unspecified atom stereocenters. The second-order valence-electron chi connectivity index (χ2n) is 8.04. The number of halogens is 3. The Morgan fingerprint density at radius 2 is 1.84 bits per heavy atom. The molecule has 0 radical (unpaired) electrons. The highest BCUT2D eigenvalue weighted by Crippen LogP contribution is 2.54. The molecule has 1 saturated carbocycles. The summed E-state index contributed by atoms with van der Waals surface area (Å²) in [5, 5.41) is 14.1. The summed E-state index contributed by atoms with van der Waals surface area (Å²) in [6, 6.07) is 9.17. The zero-order valence-corrected chi connectivity index (χ0v) is 17.5. The summed E-state index contributed by atoms with van der Waals surface area (Å²) >= 11 is 0. The molecule has 11 heteroatoms. The summed E-state index contributed by atoms with van der Waals surface area (Å²) in [5.41, 5.74) is 2.07. The summed E-state index contributed by atoms with van der Waals surface area (Å²) in [6.07, 6.45) is -5.13. The van der Waals surface area contributed by atoms with Crippen LogP contribution >= 0.6 is 0 Å². The molecule has 1 N–H and O–H groups in total. The monoisotopic (exact) mass is 443 g/mol. The van der Waals surface area contributed by atoms with Gasteiger partial charge in [-0.05, 0) is 32.4 Å². The van der Waals surface area contributed by atoms with E-state index < -0.39 is 18.1 Å². The molecule has 1 aliphatic carbocycles. The molecule has 32 heavy (non-hydrogen) atoms. The van der Waals surface area contributed by atoms with Gasteiger partial charge in [0.2, 0.25) is 5.82 Å². The average Bonchev–Trinajstić information content (AvgIpc) is 3.33. The Hall–Kier alpha value is -3.34. The maximum Gasteiger partial charge on any atom is 0.451 e. The lowest BCUT2D eigenvalue weighted by Gasteiger charge is -2.12. The minimum Gasteiger partial charge on any atom is -0.385 e. The minimum absolute atomic E-state index is 0.0510. The number of aryl methyl sites for hydroxylation is 2. The fourth-order valence-corrected chi connectivity index (χ4v) is 4.05. The largest absolute Gasteiger partial charge is 0.451 e. The number of aliphatic hydroxyl groups is 1. The summed E-state index contributed by atoms with van der Waals surface area (Å²) in [4.78, 5) is 16.3. The molecular weight excluding hydrogens is 423 g/mol. The van der Waals surface area contributed by atoms with Crippen LogP contribution in [0.5, 0.6) is 0 Å². The normalized spacial score (nSPS) is 19.5. The highest BCUT2D eigenvalue weighted by atomic mass is 19.4. The average molecular weight is 443 g/mol. The van der Waals surface area contributed by atoms with Crippen LogP contribution in [0.15, 0.2) is 30.3 Å². The third-order valence-corrected chi connectivity index (χ3v) is 5.64. The molecule has 0 bridgehead atoms. The van der Waals surface area contributed by atoms with Crippen molar-refractivity contribution in [2.45, 2.75) is 44.4 Å². The molecule has 3 heterocycles. The zero-order valence-electron chi connectivity index (χ0n) is 17.5. The van der Waals surface area contributed by atoms with Crippen molar-refractivity contribution in [2.75, 3.05) is 0 Å². The number of hydrogen-bond acceptors (Lipinski definition) is 6. The number of rotatable bonds is 4. The molecule has 4 aromatic rings. The van der Waals surface area contributed by atoms with Gasteiger partial charge in [0, 0.05) is 24.9 Å². The number of aromatic nitrogens is 7. The van der Waals surface area contributed by atoms with Gasteiger partial charge in [0.15, 0.2) is 11.6 Å². The summed E-state index contributed by atoms with van der Waals surface area (Å²) in [7, 11) is 1.90. The van der Waals surface area contributed by atoms with Gasteiger partial charge in [0.1, 0.15) is 17.8 Å². The first kappa shape index (κ1) is 20.6. The Bertz CT molecular complexity index is 1320. The maximum absolute atomic E-state index is 13.6. The summed E-state index contributed by atoms with van der Waals surface area (Å²) < 4.78 is 43.9. The summed E-state index contributed by atoms with van der Waals surface area (Å²) in [6.45, 7) is 3.06. The number of nitrogens with zero attached hydrogens (tertiary/aromatic N) is 7. The van der Waals surface area contributed by atoms with Crippen molar-refractivity contribution >= 4 is 11.0 Å². The van der Waals surface area contributed by atoms with Crippen LogP contribution < -0.4 is 0 Å². The fourth-order valence-electron chi connectivity index (χ4n) is 4.05. The van der Waals surface area contributed by atoms with E-state index in [-0.39, 0.29) is 29.2 Å². The highest BCUT2D eigenvalue weighted by Gasteiger charge is 2.45. The van der Waals surface area contributed by atoms with Crippen LogP contribution in [-0.2, 0) is 13.2 Å². The number of para-hydroxylation sites is 2. The third kappa shape index (κ3) is 3.42. The van der Waals surface area contributed by atoms with E-state index in [1.165, 1.54) is 13.0 Å². The Labute approximate surface area is 180 Å². The van der Waals surface area contributed by atoms with E-state index >= 15 is 0 Å². The van der Waals surface area contributed by atoms with E-state index in [0.717, 1.165) is 21.5 Å². The van der Waals surface area contributed by atoms with Crippen LogP contribution in [-0.4, -0.2) is 39.4 Å². The number of alkyl halides is 3. The van der Waals surface area contributed by atoms with E-state index in [0.29, 0.717) is 12.2 Å². The number of aliphatic hydroxyl groups excluding tert-OH is 1. The number of fused-ring (bicyclic) bond motifs is 1. The van der Waals surface area contributed by atoms with E-state index in [9.17, 15) is 18.3 Å². The maximum atomic E-state index is 13.6. The van der Waals surface area contributed by atoms with Crippen molar-refractivity contribution < 1.29 is 18.3 Å². The predicted molar refractivity (Wildman–Crippen MR) is 108 cm³/mol. The van der Waals surface area contributed by atoms with E-state index in [1.807, 2.05) is 35.9 Å². The number of imidazole rings is 1. The van der Waals surface area contributed by atoms with E-state index in [2.05, 4.69) is 25.0 Å². The van der Waals surface area contributed by atoms with Crippen LogP contribution in [0.3, 0.4) is 0 Å². The van der Waals surface area contributed by atoms with Gasteiger partial charge in [-0.3, -0.25) is 0 Å². The van der Waals surface area contributed by atoms with Gasteiger partial charge < -0.3 is 9.67 Å². The van der Waals surface area contributed by atoms with Crippen molar-refractivity contribution in [3.63, 3.8) is 0 Å². The molecule has 0 spiro atoms. The molecule has 8 nitrogen and oxygen atoms in total. The van der Waals surface area contributed by atoms with Crippen molar-refractivity contribution in [1.82, 2.24) is 34.3 Å². The predicted octanol–water partition coefficient (Wildman–Crippen LogP) is 3.60. The van der Waals surface area contributed by atoms with E-state index in [4.69, 9.17) is 0 Å². The topological polar surface area (TPSA) is 94.5 Å². The van der Waals surface area contributed by atoms with Gasteiger partial charge >= 0.3 is 6.18 Å². The van der Waals surface area contributed by atoms with Crippen LogP contribution in [0.2, 0.25) is 0 Å². The molecule has 5 rings (SSSR count). The molecule has 166 valence electrons. The van der Waals surface area contributed by atoms with Crippen molar-refractivity contribution in [3.8, 4) is 5.82 Å². The first-order valence-corrected chi connectivity index (χ1v) is 10.1. The lowest BCUT2D eigenvalue weighted by molar-refractivity contribution is -0.145. The van der Waals surface area contributed by atoms with Crippen molar-refractivity contribution in [3.05, 3.63) is 59.3 Å². The van der Waals surface area contributed by atoms with Crippen LogP contribution in [0.25, 0.3) is 16.9 Å². The zero-order chi connectivity index (χ0) is 22.8. The Morgan fingerprint density at radius 3 is 2.53 bits per heavy atom. The van der Waals surface area contributed by atoms with Gasteiger partial charge in [0.25, 0.3) is 0 Å². The molecule has 3 aromatic heterocycles. The Morgan fingerprint density at radius 1 is 1.09 bits per heavy atom. The molecule has 0 saturated heterocycles. The molecule has 1 fully saturated rings. The number of benzene rings is 1.